The molecule has 94 valence electrons. The Morgan fingerprint density at radius 3 is 2.75 bits per heavy atom. The molecule has 5 nitrogen and oxygen atoms in total. The van der Waals surface area contributed by atoms with E-state index in [9.17, 15) is 4.79 Å². The van der Waals surface area contributed by atoms with Crippen LogP contribution in [0.3, 0.4) is 0 Å². The highest BCUT2D eigenvalue weighted by molar-refractivity contribution is 5.79. The van der Waals surface area contributed by atoms with Crippen molar-refractivity contribution in [1.82, 2.24) is 4.90 Å². The molecule has 0 saturated carbocycles. The van der Waals surface area contributed by atoms with Gasteiger partial charge in [0, 0.05) is 12.6 Å². The van der Waals surface area contributed by atoms with Gasteiger partial charge in [0.15, 0.2) is 0 Å². The van der Waals surface area contributed by atoms with Crippen LogP contribution in [-0.4, -0.2) is 53.9 Å². The number of hydrogen-bond donors (Lipinski definition) is 2. The molecule has 1 rings (SSSR count). The second-order valence-corrected chi connectivity index (χ2v) is 4.63. The maximum atomic E-state index is 12.1. The maximum Gasteiger partial charge on any atom is 0.227 e. The number of carbonyl (C=O) groups is 1. The Kier molecular flexibility index (Phi) is 4.70. The Morgan fingerprint density at radius 1 is 1.62 bits per heavy atom. The molecule has 0 aromatic heterocycles. The zero-order valence-electron chi connectivity index (χ0n) is 10.2. The molecule has 0 aliphatic carbocycles. The summed E-state index contributed by atoms with van der Waals surface area (Å²) in [7, 11) is 0. The summed E-state index contributed by atoms with van der Waals surface area (Å²) in [5.74, 6) is -0.149. The number of nitrogens with zero attached hydrogens (tertiary/aromatic N) is 1. The van der Waals surface area contributed by atoms with Crippen molar-refractivity contribution < 1.29 is 14.6 Å². The van der Waals surface area contributed by atoms with E-state index in [1.54, 1.807) is 4.90 Å². The number of aliphatic hydroxyl groups is 1. The first-order valence-electron chi connectivity index (χ1n) is 5.75. The summed E-state index contributed by atoms with van der Waals surface area (Å²) < 4.78 is 5.38. The van der Waals surface area contributed by atoms with Gasteiger partial charge in [-0.1, -0.05) is 6.92 Å². The molecule has 1 aliphatic heterocycles. The minimum absolute atomic E-state index is 0.0456. The number of morpholine rings is 1. The van der Waals surface area contributed by atoms with Gasteiger partial charge in [-0.05, 0) is 13.8 Å². The van der Waals surface area contributed by atoms with Crippen molar-refractivity contribution in [3.05, 3.63) is 0 Å². The van der Waals surface area contributed by atoms with Gasteiger partial charge in [-0.2, -0.15) is 0 Å². The predicted molar refractivity (Wildman–Crippen MR) is 60.8 cm³/mol. The lowest BCUT2D eigenvalue weighted by atomic mass is 10.0. The fourth-order valence-electron chi connectivity index (χ4n) is 1.72. The van der Waals surface area contributed by atoms with Crippen LogP contribution in [-0.2, 0) is 9.53 Å². The average molecular weight is 230 g/mol. The summed E-state index contributed by atoms with van der Waals surface area (Å²) in [5, 5.41) is 9.04. The molecule has 4 unspecified atom stereocenters. The van der Waals surface area contributed by atoms with Crippen molar-refractivity contribution in [3.63, 3.8) is 0 Å². The molecule has 0 aromatic carbocycles. The molecule has 1 heterocycles. The third kappa shape index (κ3) is 2.93. The Balaban J connectivity index is 2.65. The SMILES string of the molecule is CC(N)C(C)C(=O)N1CC(CO)OCC1C. The van der Waals surface area contributed by atoms with Gasteiger partial charge in [-0.25, -0.2) is 0 Å². The van der Waals surface area contributed by atoms with Crippen LogP contribution in [0, 0.1) is 5.92 Å². The Labute approximate surface area is 96.6 Å². The molecule has 4 atom stereocenters. The van der Waals surface area contributed by atoms with Gasteiger partial charge in [-0.3, -0.25) is 4.79 Å². The molecular weight excluding hydrogens is 208 g/mol. The minimum Gasteiger partial charge on any atom is -0.394 e. The van der Waals surface area contributed by atoms with E-state index in [0.717, 1.165) is 0 Å². The fourth-order valence-corrected chi connectivity index (χ4v) is 1.72. The molecule has 1 aliphatic rings. The molecule has 5 heteroatoms. The lowest BCUT2D eigenvalue weighted by Gasteiger charge is -2.39. The quantitative estimate of drug-likeness (QED) is 0.690. The third-order valence-electron chi connectivity index (χ3n) is 3.17. The molecule has 0 spiro atoms. The topological polar surface area (TPSA) is 75.8 Å². The molecule has 1 saturated heterocycles. The molecular formula is C11H22N2O3. The number of ether oxygens (including phenoxy) is 1. The van der Waals surface area contributed by atoms with Crippen molar-refractivity contribution in [3.8, 4) is 0 Å². The lowest BCUT2D eigenvalue weighted by Crippen LogP contribution is -2.54. The summed E-state index contributed by atoms with van der Waals surface area (Å²) in [4.78, 5) is 13.9. The molecule has 0 bridgehead atoms. The second kappa shape index (κ2) is 5.61. The molecule has 0 radical (unpaired) electrons. The Hall–Kier alpha value is -0.650. The van der Waals surface area contributed by atoms with E-state index in [4.69, 9.17) is 15.6 Å². The van der Waals surface area contributed by atoms with Gasteiger partial charge in [-0.15, -0.1) is 0 Å². The molecule has 1 fully saturated rings. The average Bonchev–Trinajstić information content (AvgIpc) is 2.27. The first kappa shape index (κ1) is 13.4. The Morgan fingerprint density at radius 2 is 2.25 bits per heavy atom. The third-order valence-corrected chi connectivity index (χ3v) is 3.17. The van der Waals surface area contributed by atoms with Crippen LogP contribution >= 0.6 is 0 Å². The largest absolute Gasteiger partial charge is 0.394 e. The molecule has 1 amide bonds. The van der Waals surface area contributed by atoms with Crippen LogP contribution < -0.4 is 5.73 Å². The standard InChI is InChI=1S/C11H22N2O3/c1-7-6-16-10(5-14)4-13(7)11(15)8(2)9(3)12/h7-10,14H,4-6,12H2,1-3H3. The van der Waals surface area contributed by atoms with Crippen molar-refractivity contribution >= 4 is 5.91 Å². The smallest absolute Gasteiger partial charge is 0.227 e. The zero-order chi connectivity index (χ0) is 12.3. The number of carbonyl (C=O) groups excluding carboxylic acids is 1. The van der Waals surface area contributed by atoms with Gasteiger partial charge < -0.3 is 20.5 Å². The number of hydrogen-bond acceptors (Lipinski definition) is 4. The van der Waals surface area contributed by atoms with Crippen LogP contribution in [0.5, 0.6) is 0 Å². The monoisotopic (exact) mass is 230 g/mol. The van der Waals surface area contributed by atoms with E-state index in [2.05, 4.69) is 0 Å². The van der Waals surface area contributed by atoms with E-state index in [1.165, 1.54) is 0 Å². The summed E-state index contributed by atoms with van der Waals surface area (Å²) >= 11 is 0. The van der Waals surface area contributed by atoms with Crippen LogP contribution in [0.15, 0.2) is 0 Å². The van der Waals surface area contributed by atoms with Crippen LogP contribution in [0.4, 0.5) is 0 Å². The minimum atomic E-state index is -0.263. The number of nitrogens with two attached hydrogens (primary N) is 1. The maximum absolute atomic E-state index is 12.1. The molecule has 16 heavy (non-hydrogen) atoms. The Bertz CT molecular complexity index is 245. The zero-order valence-corrected chi connectivity index (χ0v) is 10.2. The molecule has 3 N–H and O–H groups in total. The highest BCUT2D eigenvalue weighted by Crippen LogP contribution is 2.16. The predicted octanol–water partition coefficient (Wildman–Crippen LogP) is -0.422. The number of rotatable bonds is 3. The van der Waals surface area contributed by atoms with Gasteiger partial charge >= 0.3 is 0 Å². The van der Waals surface area contributed by atoms with Gasteiger partial charge in [0.25, 0.3) is 0 Å². The summed E-state index contributed by atoms with van der Waals surface area (Å²) in [6.07, 6.45) is -0.263. The van der Waals surface area contributed by atoms with Crippen molar-refractivity contribution in [1.29, 1.82) is 0 Å². The highest BCUT2D eigenvalue weighted by atomic mass is 16.5. The molecule has 0 aromatic rings. The van der Waals surface area contributed by atoms with Gasteiger partial charge in [0.05, 0.1) is 31.3 Å². The van der Waals surface area contributed by atoms with Crippen LogP contribution in [0.2, 0.25) is 0 Å². The second-order valence-electron chi connectivity index (χ2n) is 4.63. The van der Waals surface area contributed by atoms with Crippen LogP contribution in [0.1, 0.15) is 20.8 Å². The van der Waals surface area contributed by atoms with E-state index in [-0.39, 0.29) is 36.6 Å². The lowest BCUT2D eigenvalue weighted by molar-refractivity contribution is -0.150. The fraction of sp³-hybridized carbons (Fsp3) is 0.909. The normalized spacial score (nSPS) is 29.9. The number of aliphatic hydroxyl groups excluding tert-OH is 1. The van der Waals surface area contributed by atoms with E-state index in [1.807, 2.05) is 20.8 Å². The number of amides is 1. The highest BCUT2D eigenvalue weighted by Gasteiger charge is 2.32. The summed E-state index contributed by atoms with van der Waals surface area (Å²) in [6.45, 7) is 6.49. The first-order valence-corrected chi connectivity index (χ1v) is 5.75. The van der Waals surface area contributed by atoms with Crippen molar-refractivity contribution in [2.45, 2.75) is 39.0 Å². The van der Waals surface area contributed by atoms with Crippen molar-refractivity contribution in [2.75, 3.05) is 19.8 Å². The van der Waals surface area contributed by atoms with E-state index in [0.29, 0.717) is 13.2 Å². The summed E-state index contributed by atoms with van der Waals surface area (Å²) in [5.41, 5.74) is 5.73. The van der Waals surface area contributed by atoms with Gasteiger partial charge in [0.1, 0.15) is 0 Å². The van der Waals surface area contributed by atoms with Crippen LogP contribution in [0.25, 0.3) is 0 Å². The van der Waals surface area contributed by atoms with Gasteiger partial charge in [0.2, 0.25) is 5.91 Å². The van der Waals surface area contributed by atoms with Crippen molar-refractivity contribution in [2.24, 2.45) is 11.7 Å². The van der Waals surface area contributed by atoms with E-state index >= 15 is 0 Å². The first-order chi connectivity index (χ1) is 7.47. The summed E-state index contributed by atoms with van der Waals surface area (Å²) in [6, 6.07) is -0.105. The van der Waals surface area contributed by atoms with E-state index < -0.39 is 0 Å².